The molecule has 1 atom stereocenters. The van der Waals surface area contributed by atoms with E-state index in [2.05, 4.69) is 15.5 Å². The third kappa shape index (κ3) is 4.95. The van der Waals surface area contributed by atoms with Crippen LogP contribution in [0, 0.1) is 0 Å². The second kappa shape index (κ2) is 9.14. The summed E-state index contributed by atoms with van der Waals surface area (Å²) in [5.41, 5.74) is 0.418. The molecule has 0 aliphatic rings. The normalized spacial score (nSPS) is 11.6. The molecule has 28 heavy (non-hydrogen) atoms. The average molecular weight is 401 g/mol. The van der Waals surface area contributed by atoms with Crippen LogP contribution in [-0.2, 0) is 9.53 Å². The maximum Gasteiger partial charge on any atom is 0.326 e. The molecule has 0 aliphatic carbocycles. The van der Waals surface area contributed by atoms with Crippen LogP contribution in [0.4, 0.5) is 0 Å². The molecule has 0 spiro atoms. The van der Waals surface area contributed by atoms with Crippen molar-refractivity contribution in [3.63, 3.8) is 0 Å². The smallest absolute Gasteiger partial charge is 0.326 e. The van der Waals surface area contributed by atoms with Gasteiger partial charge in [0.15, 0.2) is 6.10 Å². The maximum atomic E-state index is 12.1. The van der Waals surface area contributed by atoms with Gasteiger partial charge in [0.2, 0.25) is 0 Å². The van der Waals surface area contributed by atoms with Gasteiger partial charge in [-0.3, -0.25) is 9.59 Å². The molecule has 0 unspecified atom stereocenters. The molecular weight excluding hydrogens is 382 g/mol. The number of benzene rings is 1. The Balaban J connectivity index is 1.49. The predicted octanol–water partition coefficient (Wildman–Crippen LogP) is 3.23. The molecule has 0 radical (unpaired) electrons. The molecule has 9 heteroatoms. The topological polar surface area (TPSA) is 104 Å². The van der Waals surface area contributed by atoms with Crippen LogP contribution in [0.1, 0.15) is 36.2 Å². The summed E-state index contributed by atoms with van der Waals surface area (Å²) in [6, 6.07) is 10.4. The van der Waals surface area contributed by atoms with E-state index in [4.69, 9.17) is 13.9 Å². The monoisotopic (exact) mass is 401 g/mol. The van der Waals surface area contributed by atoms with E-state index in [-0.39, 0.29) is 18.3 Å². The van der Waals surface area contributed by atoms with Crippen molar-refractivity contribution in [1.29, 1.82) is 0 Å². The molecule has 1 aromatic carbocycles. The molecule has 1 amide bonds. The summed E-state index contributed by atoms with van der Waals surface area (Å²) in [5, 5.41) is 12.3. The highest BCUT2D eigenvalue weighted by molar-refractivity contribution is 7.13. The molecule has 2 aromatic heterocycles. The van der Waals surface area contributed by atoms with E-state index < -0.39 is 12.1 Å². The number of amides is 1. The van der Waals surface area contributed by atoms with E-state index in [0.717, 1.165) is 4.88 Å². The molecule has 0 saturated carbocycles. The van der Waals surface area contributed by atoms with Crippen molar-refractivity contribution in [1.82, 2.24) is 15.5 Å². The zero-order chi connectivity index (χ0) is 19.9. The first kappa shape index (κ1) is 19.6. The van der Waals surface area contributed by atoms with Gasteiger partial charge in [-0.1, -0.05) is 6.07 Å². The van der Waals surface area contributed by atoms with Crippen molar-refractivity contribution in [2.45, 2.75) is 20.0 Å². The first-order valence-electron chi connectivity index (χ1n) is 8.64. The van der Waals surface area contributed by atoms with Crippen molar-refractivity contribution in [3.05, 3.63) is 53.2 Å². The van der Waals surface area contributed by atoms with Gasteiger partial charge in [0, 0.05) is 5.56 Å². The Hall–Kier alpha value is -3.20. The van der Waals surface area contributed by atoms with Gasteiger partial charge in [-0.2, -0.15) is 0 Å². The minimum atomic E-state index is -0.726. The van der Waals surface area contributed by atoms with Crippen molar-refractivity contribution < 1.29 is 23.5 Å². The Kier molecular flexibility index (Phi) is 6.38. The van der Waals surface area contributed by atoms with Crippen LogP contribution in [0.15, 0.2) is 46.2 Å². The maximum absolute atomic E-state index is 12.1. The van der Waals surface area contributed by atoms with Crippen molar-refractivity contribution in [3.8, 4) is 16.5 Å². The second-order valence-electron chi connectivity index (χ2n) is 5.69. The van der Waals surface area contributed by atoms with Crippen LogP contribution in [0.2, 0.25) is 0 Å². The largest absolute Gasteiger partial charge is 0.494 e. The summed E-state index contributed by atoms with van der Waals surface area (Å²) in [4.78, 5) is 24.9. The average Bonchev–Trinajstić information content (AvgIpc) is 3.38. The van der Waals surface area contributed by atoms with Crippen LogP contribution in [0.3, 0.4) is 0 Å². The summed E-state index contributed by atoms with van der Waals surface area (Å²) in [6.45, 7) is 3.77. The molecule has 0 fully saturated rings. The highest BCUT2D eigenvalue weighted by Crippen LogP contribution is 2.25. The van der Waals surface area contributed by atoms with Crippen LogP contribution in [0.25, 0.3) is 10.8 Å². The summed E-state index contributed by atoms with van der Waals surface area (Å²) in [6.07, 6.45) is -0.726. The van der Waals surface area contributed by atoms with Crippen molar-refractivity contribution in [2.24, 2.45) is 0 Å². The van der Waals surface area contributed by atoms with Crippen molar-refractivity contribution >= 4 is 23.2 Å². The van der Waals surface area contributed by atoms with Gasteiger partial charge in [-0.25, -0.2) is 0 Å². The first-order valence-corrected chi connectivity index (χ1v) is 9.52. The molecule has 8 nitrogen and oxygen atoms in total. The van der Waals surface area contributed by atoms with Gasteiger partial charge in [-0.05, 0) is 49.6 Å². The number of hydrogen-bond donors (Lipinski definition) is 1. The van der Waals surface area contributed by atoms with Crippen LogP contribution in [-0.4, -0.2) is 35.2 Å². The lowest BCUT2D eigenvalue weighted by Gasteiger charge is -2.10. The molecule has 3 rings (SSSR count). The van der Waals surface area contributed by atoms with E-state index >= 15 is 0 Å². The van der Waals surface area contributed by atoms with E-state index in [1.54, 1.807) is 31.2 Å². The van der Waals surface area contributed by atoms with Crippen LogP contribution in [0.5, 0.6) is 5.75 Å². The number of ether oxygens (including phenoxy) is 2. The Labute approximate surface area is 165 Å². The fourth-order valence-corrected chi connectivity index (χ4v) is 2.96. The zero-order valence-electron chi connectivity index (χ0n) is 15.4. The molecule has 3 aromatic rings. The lowest BCUT2D eigenvalue weighted by atomic mass is 10.2. The summed E-state index contributed by atoms with van der Waals surface area (Å²) < 4.78 is 16.1. The number of hydrogen-bond acceptors (Lipinski definition) is 8. The third-order valence-electron chi connectivity index (χ3n) is 3.65. The Morgan fingerprint density at radius 2 is 2.00 bits per heavy atom. The van der Waals surface area contributed by atoms with Crippen LogP contribution >= 0.6 is 11.3 Å². The summed E-state index contributed by atoms with van der Waals surface area (Å²) >= 11 is 1.47. The second-order valence-corrected chi connectivity index (χ2v) is 6.64. The number of thiophene rings is 1. The molecule has 2 heterocycles. The van der Waals surface area contributed by atoms with Crippen molar-refractivity contribution in [2.75, 3.05) is 13.2 Å². The minimum Gasteiger partial charge on any atom is -0.494 e. The summed E-state index contributed by atoms with van der Waals surface area (Å²) in [5.74, 6) is 0.244. The zero-order valence-corrected chi connectivity index (χ0v) is 16.2. The molecule has 146 valence electrons. The highest BCUT2D eigenvalue weighted by Gasteiger charge is 2.20. The van der Waals surface area contributed by atoms with Gasteiger partial charge in [-0.15, -0.1) is 21.5 Å². The Morgan fingerprint density at radius 1 is 1.21 bits per heavy atom. The van der Waals surface area contributed by atoms with Gasteiger partial charge >= 0.3 is 5.97 Å². The fourth-order valence-electron chi connectivity index (χ4n) is 2.31. The summed E-state index contributed by atoms with van der Waals surface area (Å²) in [7, 11) is 0. The number of rotatable bonds is 8. The van der Waals surface area contributed by atoms with Gasteiger partial charge in [0.1, 0.15) is 12.3 Å². The lowest BCUT2D eigenvalue weighted by Crippen LogP contribution is -2.31. The van der Waals surface area contributed by atoms with Gasteiger partial charge in [0.05, 0.1) is 11.5 Å². The minimum absolute atomic E-state index is 0.189. The molecular formula is C19H19N3O5S. The van der Waals surface area contributed by atoms with Gasteiger partial charge < -0.3 is 19.2 Å². The van der Waals surface area contributed by atoms with Gasteiger partial charge in [0.25, 0.3) is 17.7 Å². The van der Waals surface area contributed by atoms with Crippen LogP contribution < -0.4 is 10.1 Å². The standard InChI is InChI=1S/C19H19N3O5S/c1-3-25-14-8-6-13(7-9-14)17(24)20-11-16(23)26-12(2)18-21-22-19(27-18)15-5-4-10-28-15/h4-10,12H,3,11H2,1-2H3,(H,20,24)/t12-/m1/s1. The number of esters is 1. The number of nitrogens with one attached hydrogen (secondary N) is 1. The lowest BCUT2D eigenvalue weighted by molar-refractivity contribution is -0.148. The molecule has 0 bridgehead atoms. The first-order chi connectivity index (χ1) is 13.6. The Morgan fingerprint density at radius 3 is 2.68 bits per heavy atom. The van der Waals surface area contributed by atoms with E-state index in [0.29, 0.717) is 23.8 Å². The number of carbonyl (C=O) groups excluding carboxylic acids is 2. The Bertz CT molecular complexity index is 921. The van der Waals surface area contributed by atoms with E-state index in [1.807, 2.05) is 24.4 Å². The third-order valence-corrected chi connectivity index (χ3v) is 4.51. The fraction of sp³-hybridized carbons (Fsp3) is 0.263. The quantitative estimate of drug-likeness (QED) is 0.578. The molecule has 0 saturated heterocycles. The number of carbonyl (C=O) groups is 2. The number of aromatic nitrogens is 2. The molecule has 1 N–H and O–H groups in total. The van der Waals surface area contributed by atoms with E-state index in [9.17, 15) is 9.59 Å². The highest BCUT2D eigenvalue weighted by atomic mass is 32.1. The van der Waals surface area contributed by atoms with E-state index in [1.165, 1.54) is 11.3 Å². The molecule has 0 aliphatic heterocycles. The number of nitrogens with zero attached hydrogens (tertiary/aromatic N) is 2. The SMILES string of the molecule is CCOc1ccc(C(=O)NCC(=O)O[C@H](C)c2nnc(-c3cccs3)o2)cc1. The predicted molar refractivity (Wildman–Crippen MR) is 102 cm³/mol.